The molecule has 0 radical (unpaired) electrons. The predicted octanol–water partition coefficient (Wildman–Crippen LogP) is -0.0604. The molecule has 0 spiro atoms. The molecule has 0 aromatic rings. The van der Waals surface area contributed by atoms with Crippen LogP contribution in [0, 0.1) is 0 Å². The highest BCUT2D eigenvalue weighted by atomic mass is 16.6. The van der Waals surface area contributed by atoms with E-state index >= 15 is 0 Å². The maximum atomic E-state index is 4.80. The minimum Gasteiger partial charge on any atom is -0.273 e. The Bertz CT molecular complexity index is 89.7. The zero-order valence-electron chi connectivity index (χ0n) is 4.27. The molecule has 1 aliphatic rings. The third-order valence-corrected chi connectivity index (χ3v) is 0.762. The zero-order valence-corrected chi connectivity index (χ0v) is 4.27. The number of hydroxylamine groups is 1. The molecule has 1 N–H and O–H groups in total. The summed E-state index contributed by atoms with van der Waals surface area (Å²) in [5, 5.41) is 0. The van der Waals surface area contributed by atoms with Crippen LogP contribution in [0.5, 0.6) is 0 Å². The zero-order chi connectivity index (χ0) is 5.11. The molecule has 0 aromatic heterocycles. The van der Waals surface area contributed by atoms with Crippen LogP contribution < -0.4 is 5.48 Å². The van der Waals surface area contributed by atoms with Crippen LogP contribution in [0.4, 0.5) is 0 Å². The van der Waals surface area contributed by atoms with Crippen LogP contribution in [0.25, 0.3) is 0 Å². The summed E-state index contributed by atoms with van der Waals surface area (Å²) in [5.74, 6) is 0.867. The molecule has 0 atom stereocenters. The summed E-state index contributed by atoms with van der Waals surface area (Å²) in [6, 6.07) is 0. The van der Waals surface area contributed by atoms with Gasteiger partial charge in [-0.15, -0.1) is 0 Å². The molecular formula is C4H8N2O. The molecule has 0 saturated heterocycles. The first kappa shape index (κ1) is 4.59. The van der Waals surface area contributed by atoms with E-state index in [1.54, 1.807) is 0 Å². The van der Waals surface area contributed by atoms with E-state index in [4.69, 9.17) is 4.84 Å². The number of hydrogen-bond acceptors (Lipinski definition) is 3. The maximum absolute atomic E-state index is 4.80. The number of rotatable bonds is 0. The summed E-state index contributed by atoms with van der Waals surface area (Å²) >= 11 is 0. The summed E-state index contributed by atoms with van der Waals surface area (Å²) in [5.41, 5.74) is 2.63. The van der Waals surface area contributed by atoms with Crippen LogP contribution in [0.15, 0.2) is 4.99 Å². The molecular weight excluding hydrogens is 92.1 g/mol. The largest absolute Gasteiger partial charge is 0.273 e. The molecule has 40 valence electrons. The van der Waals surface area contributed by atoms with Crippen molar-refractivity contribution in [3.05, 3.63) is 0 Å². The van der Waals surface area contributed by atoms with Crippen LogP contribution in [-0.2, 0) is 4.84 Å². The van der Waals surface area contributed by atoms with Gasteiger partial charge in [-0.25, -0.2) is 0 Å². The molecule has 0 aromatic carbocycles. The molecule has 3 nitrogen and oxygen atoms in total. The first-order valence-electron chi connectivity index (χ1n) is 2.28. The monoisotopic (exact) mass is 100 g/mol. The number of aliphatic imine (C=N–C) groups is 1. The van der Waals surface area contributed by atoms with Crippen molar-refractivity contribution >= 4 is 5.84 Å². The Hall–Kier alpha value is -0.570. The van der Waals surface area contributed by atoms with Gasteiger partial charge in [0, 0.05) is 0 Å². The highest BCUT2D eigenvalue weighted by Crippen LogP contribution is 1.81. The molecule has 1 heterocycles. The Morgan fingerprint density at radius 1 is 1.86 bits per heavy atom. The Labute approximate surface area is 42.3 Å². The Morgan fingerprint density at radius 2 is 2.71 bits per heavy atom. The maximum Gasteiger partial charge on any atom is 0.117 e. The Balaban J connectivity index is 2.40. The average Bonchev–Trinajstić information content (AvgIpc) is 1.69. The van der Waals surface area contributed by atoms with Crippen LogP contribution in [-0.4, -0.2) is 19.0 Å². The highest BCUT2D eigenvalue weighted by molar-refractivity contribution is 5.78. The van der Waals surface area contributed by atoms with Gasteiger partial charge in [0.15, 0.2) is 0 Å². The minimum atomic E-state index is 0.692. The van der Waals surface area contributed by atoms with Crippen molar-refractivity contribution in [2.24, 2.45) is 4.99 Å². The quantitative estimate of drug-likeness (QED) is 0.462. The summed E-state index contributed by atoms with van der Waals surface area (Å²) in [6.07, 6.45) is 0. The number of nitrogens with one attached hydrogen (secondary N) is 1. The molecule has 1 aliphatic heterocycles. The van der Waals surface area contributed by atoms with Crippen molar-refractivity contribution in [1.82, 2.24) is 5.48 Å². The lowest BCUT2D eigenvalue weighted by Crippen LogP contribution is -2.27. The molecule has 0 aliphatic carbocycles. The fourth-order valence-corrected chi connectivity index (χ4v) is 0.447. The van der Waals surface area contributed by atoms with E-state index in [2.05, 4.69) is 10.5 Å². The number of nitrogens with zero attached hydrogens (tertiary/aromatic N) is 1. The lowest BCUT2D eigenvalue weighted by molar-refractivity contribution is 0.0816. The van der Waals surface area contributed by atoms with E-state index in [1.807, 2.05) is 6.92 Å². The van der Waals surface area contributed by atoms with Gasteiger partial charge in [-0.1, -0.05) is 0 Å². The van der Waals surface area contributed by atoms with Gasteiger partial charge >= 0.3 is 0 Å². The summed E-state index contributed by atoms with van der Waals surface area (Å²) in [4.78, 5) is 8.81. The Kier molecular flexibility index (Phi) is 1.26. The lowest BCUT2D eigenvalue weighted by Gasteiger charge is -2.09. The molecule has 1 rings (SSSR count). The van der Waals surface area contributed by atoms with Crippen LogP contribution in [0.2, 0.25) is 0 Å². The van der Waals surface area contributed by atoms with E-state index in [9.17, 15) is 0 Å². The molecule has 0 bridgehead atoms. The van der Waals surface area contributed by atoms with Crippen molar-refractivity contribution < 1.29 is 4.84 Å². The van der Waals surface area contributed by atoms with Crippen molar-refractivity contribution in [2.75, 3.05) is 13.2 Å². The third-order valence-electron chi connectivity index (χ3n) is 0.762. The normalized spacial score (nSPS) is 20.4. The van der Waals surface area contributed by atoms with E-state index in [0.717, 1.165) is 12.4 Å². The van der Waals surface area contributed by atoms with Crippen molar-refractivity contribution in [3.8, 4) is 0 Å². The Morgan fingerprint density at radius 3 is 3.00 bits per heavy atom. The van der Waals surface area contributed by atoms with Crippen LogP contribution in [0.3, 0.4) is 0 Å². The third kappa shape index (κ3) is 1.16. The molecule has 0 fully saturated rings. The van der Waals surface area contributed by atoms with E-state index < -0.39 is 0 Å². The standard InChI is InChI=1S/C4H8N2O/c1-4-5-2-3-7-6-4/h2-3H2,1H3,(H,5,6). The van der Waals surface area contributed by atoms with Crippen LogP contribution >= 0.6 is 0 Å². The van der Waals surface area contributed by atoms with Crippen molar-refractivity contribution in [2.45, 2.75) is 6.92 Å². The average molecular weight is 100 g/mol. The van der Waals surface area contributed by atoms with Gasteiger partial charge in [0.2, 0.25) is 0 Å². The van der Waals surface area contributed by atoms with Crippen LogP contribution in [0.1, 0.15) is 6.92 Å². The van der Waals surface area contributed by atoms with Gasteiger partial charge in [-0.3, -0.25) is 15.3 Å². The topological polar surface area (TPSA) is 33.6 Å². The predicted molar refractivity (Wildman–Crippen MR) is 27.1 cm³/mol. The first-order valence-corrected chi connectivity index (χ1v) is 2.28. The SMILES string of the molecule is CC1=NCCON1. The lowest BCUT2D eigenvalue weighted by atomic mass is 10.6. The first-order chi connectivity index (χ1) is 3.39. The van der Waals surface area contributed by atoms with E-state index in [-0.39, 0.29) is 0 Å². The van der Waals surface area contributed by atoms with Crippen molar-refractivity contribution in [1.29, 1.82) is 0 Å². The summed E-state index contributed by atoms with van der Waals surface area (Å²) in [6.45, 7) is 3.36. The second-order valence-electron chi connectivity index (χ2n) is 1.42. The van der Waals surface area contributed by atoms with Gasteiger partial charge in [-0.2, -0.15) is 0 Å². The molecule has 0 saturated carbocycles. The fourth-order valence-electron chi connectivity index (χ4n) is 0.447. The molecule has 0 unspecified atom stereocenters. The van der Waals surface area contributed by atoms with Gasteiger partial charge in [0.05, 0.1) is 13.2 Å². The van der Waals surface area contributed by atoms with Crippen molar-refractivity contribution in [3.63, 3.8) is 0 Å². The molecule has 0 amide bonds. The van der Waals surface area contributed by atoms with Gasteiger partial charge < -0.3 is 0 Å². The number of amidine groups is 1. The smallest absolute Gasteiger partial charge is 0.117 e. The second-order valence-corrected chi connectivity index (χ2v) is 1.42. The van der Waals surface area contributed by atoms with E-state index in [0.29, 0.717) is 6.61 Å². The summed E-state index contributed by atoms with van der Waals surface area (Å²) < 4.78 is 0. The van der Waals surface area contributed by atoms with Gasteiger partial charge in [0.1, 0.15) is 5.84 Å². The van der Waals surface area contributed by atoms with E-state index in [1.165, 1.54) is 0 Å². The van der Waals surface area contributed by atoms with Gasteiger partial charge in [-0.05, 0) is 6.92 Å². The fraction of sp³-hybridized carbons (Fsp3) is 0.750. The summed E-state index contributed by atoms with van der Waals surface area (Å²) in [7, 11) is 0. The van der Waals surface area contributed by atoms with Gasteiger partial charge in [0.25, 0.3) is 0 Å². The second kappa shape index (κ2) is 1.93. The molecule has 3 heteroatoms. The minimum absolute atomic E-state index is 0.692. The molecule has 7 heavy (non-hydrogen) atoms. The highest BCUT2D eigenvalue weighted by Gasteiger charge is 1.94. The number of hydrogen-bond donors (Lipinski definition) is 1.